The maximum atomic E-state index is 4.94. The summed E-state index contributed by atoms with van der Waals surface area (Å²) in [6, 6.07) is 8.22. The third kappa shape index (κ3) is 2.04. The van der Waals surface area contributed by atoms with Crippen LogP contribution >= 0.6 is 0 Å². The zero-order chi connectivity index (χ0) is 13.4. The van der Waals surface area contributed by atoms with Gasteiger partial charge in [0, 0.05) is 32.1 Å². The lowest BCUT2D eigenvalue weighted by atomic mass is 9.97. The Bertz CT molecular complexity index is 615. The molecule has 0 aliphatic carbocycles. The fourth-order valence-electron chi connectivity index (χ4n) is 3.10. The summed E-state index contributed by atoms with van der Waals surface area (Å²) in [6.45, 7) is 4.32. The van der Waals surface area contributed by atoms with Crippen LogP contribution in [-0.4, -0.2) is 36.1 Å². The highest BCUT2D eigenvalue weighted by Crippen LogP contribution is 2.30. The van der Waals surface area contributed by atoms with Gasteiger partial charge in [-0.05, 0) is 31.4 Å². The van der Waals surface area contributed by atoms with E-state index >= 15 is 0 Å². The Kier molecular flexibility index (Phi) is 3.03. The molecule has 0 atom stereocenters. The van der Waals surface area contributed by atoms with E-state index in [4.69, 9.17) is 9.97 Å². The predicted octanol–water partition coefficient (Wildman–Crippen LogP) is 2.31. The van der Waals surface area contributed by atoms with Crippen molar-refractivity contribution in [3.63, 3.8) is 0 Å². The molecule has 2 saturated heterocycles. The Morgan fingerprint density at radius 3 is 2.30 bits per heavy atom. The van der Waals surface area contributed by atoms with Gasteiger partial charge < -0.3 is 10.2 Å². The first-order valence-corrected chi connectivity index (χ1v) is 7.64. The minimum atomic E-state index is 0.532. The Hall–Kier alpha value is -1.68. The number of nitrogens with zero attached hydrogens (tertiary/aromatic N) is 3. The van der Waals surface area contributed by atoms with Gasteiger partial charge in [0.1, 0.15) is 0 Å². The van der Waals surface area contributed by atoms with Crippen molar-refractivity contribution in [1.29, 1.82) is 0 Å². The fraction of sp³-hybridized carbons (Fsp3) is 0.500. The maximum Gasteiger partial charge on any atom is 0.151 e. The number of hydrogen-bond donors (Lipinski definition) is 1. The molecule has 0 unspecified atom stereocenters. The molecule has 4 nitrogen and oxygen atoms in total. The molecular formula is C16H20N4. The highest BCUT2D eigenvalue weighted by molar-refractivity contribution is 5.76. The number of anilines is 1. The number of rotatable bonds is 2. The lowest BCUT2D eigenvalue weighted by Gasteiger charge is -2.33. The Morgan fingerprint density at radius 2 is 1.65 bits per heavy atom. The highest BCUT2D eigenvalue weighted by Gasteiger charge is 2.27. The van der Waals surface area contributed by atoms with Crippen LogP contribution in [0.3, 0.4) is 0 Å². The molecule has 1 N–H and O–H groups in total. The van der Waals surface area contributed by atoms with Crippen LogP contribution in [0.4, 0.5) is 5.82 Å². The van der Waals surface area contributed by atoms with Crippen molar-refractivity contribution in [3.05, 3.63) is 30.0 Å². The normalized spacial score (nSPS) is 20.1. The van der Waals surface area contributed by atoms with Crippen molar-refractivity contribution < 1.29 is 0 Å². The summed E-state index contributed by atoms with van der Waals surface area (Å²) in [6.07, 6.45) is 3.89. The summed E-state index contributed by atoms with van der Waals surface area (Å²) >= 11 is 0. The van der Waals surface area contributed by atoms with Crippen molar-refractivity contribution >= 4 is 16.9 Å². The molecule has 104 valence electrons. The number of aromatic nitrogens is 2. The molecule has 4 heteroatoms. The summed E-state index contributed by atoms with van der Waals surface area (Å²) in [5.74, 6) is 1.67. The molecule has 2 fully saturated rings. The van der Waals surface area contributed by atoms with Crippen LogP contribution in [0.15, 0.2) is 24.3 Å². The molecule has 0 amide bonds. The van der Waals surface area contributed by atoms with Crippen LogP contribution in [0.5, 0.6) is 0 Å². The molecular weight excluding hydrogens is 248 g/mol. The van der Waals surface area contributed by atoms with Crippen LogP contribution in [0.2, 0.25) is 0 Å². The van der Waals surface area contributed by atoms with Gasteiger partial charge in [0.2, 0.25) is 0 Å². The van der Waals surface area contributed by atoms with Gasteiger partial charge in [-0.15, -0.1) is 0 Å². The van der Waals surface area contributed by atoms with Crippen molar-refractivity contribution in [2.75, 3.05) is 31.1 Å². The zero-order valence-corrected chi connectivity index (χ0v) is 11.7. The smallest absolute Gasteiger partial charge is 0.151 e. The van der Waals surface area contributed by atoms with Gasteiger partial charge >= 0.3 is 0 Å². The van der Waals surface area contributed by atoms with Gasteiger partial charge in [-0.1, -0.05) is 12.1 Å². The maximum absolute atomic E-state index is 4.94. The van der Waals surface area contributed by atoms with Gasteiger partial charge in [0.25, 0.3) is 0 Å². The molecule has 1 aromatic carbocycles. The van der Waals surface area contributed by atoms with E-state index in [2.05, 4.69) is 22.3 Å². The average Bonchev–Trinajstić information content (AvgIpc) is 2.46. The Labute approximate surface area is 119 Å². The molecule has 1 aromatic heterocycles. The largest absolute Gasteiger partial charge is 0.355 e. The first-order chi connectivity index (χ1) is 9.92. The summed E-state index contributed by atoms with van der Waals surface area (Å²) in [7, 11) is 0. The molecule has 0 radical (unpaired) electrons. The van der Waals surface area contributed by atoms with Crippen LogP contribution in [0.1, 0.15) is 30.9 Å². The molecule has 20 heavy (non-hydrogen) atoms. The third-order valence-electron chi connectivity index (χ3n) is 4.40. The molecule has 3 heterocycles. The fourth-order valence-corrected chi connectivity index (χ4v) is 3.10. The summed E-state index contributed by atoms with van der Waals surface area (Å²) in [5.41, 5.74) is 3.24. The molecule has 2 aromatic rings. The standard InChI is InChI=1S/C16H20N4/c1-4-8-20(9-5-1)16-15(12-10-17-11-12)18-13-6-2-3-7-14(13)19-16/h2-3,6-7,12,17H,1,4-5,8-11H2. The van der Waals surface area contributed by atoms with Crippen molar-refractivity contribution in [2.45, 2.75) is 25.2 Å². The number of hydrogen-bond acceptors (Lipinski definition) is 4. The third-order valence-corrected chi connectivity index (χ3v) is 4.40. The van der Waals surface area contributed by atoms with Crippen molar-refractivity contribution in [2.24, 2.45) is 0 Å². The van der Waals surface area contributed by atoms with E-state index in [-0.39, 0.29) is 0 Å². The second-order valence-electron chi connectivity index (χ2n) is 5.82. The van der Waals surface area contributed by atoms with Crippen molar-refractivity contribution in [3.8, 4) is 0 Å². The molecule has 4 rings (SSSR count). The number of para-hydroxylation sites is 2. The number of piperidine rings is 1. The summed E-state index contributed by atoms with van der Waals surface area (Å²) in [4.78, 5) is 12.3. The molecule has 2 aliphatic heterocycles. The van der Waals surface area contributed by atoms with Gasteiger partial charge in [-0.3, -0.25) is 0 Å². The average molecular weight is 268 g/mol. The first kappa shape index (κ1) is 12.1. The highest BCUT2D eigenvalue weighted by atomic mass is 15.2. The molecule has 0 bridgehead atoms. The topological polar surface area (TPSA) is 41.1 Å². The first-order valence-electron chi connectivity index (χ1n) is 7.64. The van der Waals surface area contributed by atoms with Crippen molar-refractivity contribution in [1.82, 2.24) is 15.3 Å². The number of fused-ring (bicyclic) bond motifs is 1. The predicted molar refractivity (Wildman–Crippen MR) is 81.2 cm³/mol. The number of benzene rings is 1. The quantitative estimate of drug-likeness (QED) is 0.907. The van der Waals surface area contributed by atoms with Gasteiger partial charge in [0.05, 0.1) is 16.7 Å². The van der Waals surface area contributed by atoms with E-state index in [1.54, 1.807) is 0 Å². The van der Waals surface area contributed by atoms with Crippen LogP contribution in [-0.2, 0) is 0 Å². The SMILES string of the molecule is c1ccc2nc(N3CCCCC3)c(C3CNC3)nc2c1. The van der Waals surface area contributed by atoms with E-state index in [1.165, 1.54) is 25.0 Å². The zero-order valence-electron chi connectivity index (χ0n) is 11.7. The second kappa shape index (κ2) is 5.02. The van der Waals surface area contributed by atoms with E-state index < -0.39 is 0 Å². The molecule has 2 aliphatic rings. The molecule has 0 saturated carbocycles. The molecule has 0 spiro atoms. The van der Waals surface area contributed by atoms with E-state index in [1.807, 2.05) is 12.1 Å². The van der Waals surface area contributed by atoms with Gasteiger partial charge in [0.15, 0.2) is 5.82 Å². The number of nitrogens with one attached hydrogen (secondary N) is 1. The monoisotopic (exact) mass is 268 g/mol. The van der Waals surface area contributed by atoms with E-state index in [9.17, 15) is 0 Å². The van der Waals surface area contributed by atoms with Gasteiger partial charge in [-0.2, -0.15) is 0 Å². The van der Waals surface area contributed by atoms with E-state index in [0.717, 1.165) is 43.0 Å². The lowest BCUT2D eigenvalue weighted by molar-refractivity contribution is 0.438. The Morgan fingerprint density at radius 1 is 0.950 bits per heavy atom. The Balaban J connectivity index is 1.82. The lowest BCUT2D eigenvalue weighted by Crippen LogP contribution is -2.42. The van der Waals surface area contributed by atoms with Gasteiger partial charge in [-0.25, -0.2) is 9.97 Å². The van der Waals surface area contributed by atoms with Crippen LogP contribution in [0.25, 0.3) is 11.0 Å². The van der Waals surface area contributed by atoms with Crippen LogP contribution < -0.4 is 10.2 Å². The van der Waals surface area contributed by atoms with E-state index in [0.29, 0.717) is 5.92 Å². The summed E-state index contributed by atoms with van der Waals surface area (Å²) < 4.78 is 0. The second-order valence-corrected chi connectivity index (χ2v) is 5.82. The van der Waals surface area contributed by atoms with Crippen LogP contribution in [0, 0.1) is 0 Å². The summed E-state index contributed by atoms with van der Waals surface area (Å²) in [5, 5.41) is 3.35. The minimum Gasteiger partial charge on any atom is -0.355 e. The minimum absolute atomic E-state index is 0.532.